The summed E-state index contributed by atoms with van der Waals surface area (Å²) in [6, 6.07) is 7.50. The van der Waals surface area contributed by atoms with Crippen LogP contribution >= 0.6 is 11.6 Å². The van der Waals surface area contributed by atoms with Gasteiger partial charge in [-0.25, -0.2) is 0 Å². The van der Waals surface area contributed by atoms with Crippen LogP contribution in [0.25, 0.3) is 10.9 Å². The molecule has 4 nitrogen and oxygen atoms in total. The Morgan fingerprint density at radius 1 is 1.24 bits per heavy atom. The van der Waals surface area contributed by atoms with Crippen molar-refractivity contribution in [3.63, 3.8) is 0 Å². The Hall–Kier alpha value is -1.81. The topological polar surface area (TPSA) is 45.2 Å². The van der Waals surface area contributed by atoms with Crippen molar-refractivity contribution in [3.05, 3.63) is 35.5 Å². The molecule has 1 aromatic heterocycles. The number of amides is 1. The molecule has 0 unspecified atom stereocenters. The molecule has 2 heterocycles. The molecule has 110 valence electrons. The standard InChI is InChI=1S/C16H18ClN3O/c17-13-6-7-14(16-12(13)5-4-8-18-16)19-11-15(21)20-9-2-1-3-10-20/h4-8,19H,1-3,9-11H2. The minimum atomic E-state index is 0.147. The molecule has 2 aromatic rings. The van der Waals surface area contributed by atoms with Crippen molar-refractivity contribution < 1.29 is 4.79 Å². The van der Waals surface area contributed by atoms with E-state index in [4.69, 9.17) is 11.6 Å². The van der Waals surface area contributed by atoms with Gasteiger partial charge in [-0.15, -0.1) is 0 Å². The van der Waals surface area contributed by atoms with Crippen LogP contribution in [0.3, 0.4) is 0 Å². The van der Waals surface area contributed by atoms with Gasteiger partial charge < -0.3 is 10.2 Å². The molecule has 0 radical (unpaired) electrons. The second kappa shape index (κ2) is 6.31. The van der Waals surface area contributed by atoms with E-state index in [1.807, 2.05) is 29.2 Å². The lowest BCUT2D eigenvalue weighted by atomic mass is 10.1. The van der Waals surface area contributed by atoms with Crippen molar-refractivity contribution in [2.24, 2.45) is 0 Å². The van der Waals surface area contributed by atoms with Crippen molar-refractivity contribution >= 4 is 34.1 Å². The van der Waals surface area contributed by atoms with E-state index < -0.39 is 0 Å². The van der Waals surface area contributed by atoms with Gasteiger partial charge in [-0.2, -0.15) is 0 Å². The lowest BCUT2D eigenvalue weighted by Gasteiger charge is -2.27. The molecular formula is C16H18ClN3O. The maximum atomic E-state index is 12.2. The maximum absolute atomic E-state index is 12.2. The smallest absolute Gasteiger partial charge is 0.241 e. The molecule has 21 heavy (non-hydrogen) atoms. The van der Waals surface area contributed by atoms with Crippen LogP contribution in [-0.2, 0) is 4.79 Å². The van der Waals surface area contributed by atoms with Crippen molar-refractivity contribution in [2.75, 3.05) is 25.0 Å². The second-order valence-electron chi connectivity index (χ2n) is 5.29. The van der Waals surface area contributed by atoms with E-state index in [0.717, 1.165) is 42.5 Å². The Balaban J connectivity index is 1.73. The minimum absolute atomic E-state index is 0.147. The van der Waals surface area contributed by atoms with E-state index in [2.05, 4.69) is 10.3 Å². The van der Waals surface area contributed by atoms with Gasteiger partial charge in [0, 0.05) is 24.7 Å². The van der Waals surface area contributed by atoms with Crippen LogP contribution < -0.4 is 5.32 Å². The number of nitrogens with one attached hydrogen (secondary N) is 1. The number of carbonyl (C=O) groups is 1. The van der Waals surface area contributed by atoms with E-state index in [9.17, 15) is 4.79 Å². The highest BCUT2D eigenvalue weighted by Crippen LogP contribution is 2.27. The molecule has 1 aromatic carbocycles. The average molecular weight is 304 g/mol. The van der Waals surface area contributed by atoms with Crippen LogP contribution in [0.2, 0.25) is 5.02 Å². The number of hydrogen-bond acceptors (Lipinski definition) is 3. The number of anilines is 1. The van der Waals surface area contributed by atoms with E-state index in [1.165, 1.54) is 6.42 Å². The number of rotatable bonds is 3. The molecule has 0 spiro atoms. The molecule has 1 aliphatic heterocycles. The fourth-order valence-electron chi connectivity index (χ4n) is 2.71. The first kappa shape index (κ1) is 14.1. The van der Waals surface area contributed by atoms with Crippen LogP contribution in [-0.4, -0.2) is 35.4 Å². The number of piperidine rings is 1. The fourth-order valence-corrected chi connectivity index (χ4v) is 2.92. The summed E-state index contributed by atoms with van der Waals surface area (Å²) in [5, 5.41) is 4.77. The van der Waals surface area contributed by atoms with Gasteiger partial charge in [0.1, 0.15) is 0 Å². The van der Waals surface area contributed by atoms with Gasteiger partial charge >= 0.3 is 0 Å². The lowest BCUT2D eigenvalue weighted by molar-refractivity contribution is -0.130. The van der Waals surface area contributed by atoms with Gasteiger partial charge in [-0.1, -0.05) is 11.6 Å². The molecule has 1 saturated heterocycles. The number of fused-ring (bicyclic) bond motifs is 1. The highest BCUT2D eigenvalue weighted by Gasteiger charge is 2.16. The zero-order valence-corrected chi connectivity index (χ0v) is 12.6. The molecule has 1 fully saturated rings. The van der Waals surface area contributed by atoms with Gasteiger partial charge in [0.2, 0.25) is 5.91 Å². The van der Waals surface area contributed by atoms with E-state index in [0.29, 0.717) is 11.6 Å². The molecule has 0 saturated carbocycles. The Kier molecular flexibility index (Phi) is 4.25. The number of likely N-dealkylation sites (tertiary alicyclic amines) is 1. The fraction of sp³-hybridized carbons (Fsp3) is 0.375. The average Bonchev–Trinajstić information content (AvgIpc) is 2.55. The number of carbonyl (C=O) groups excluding carboxylic acids is 1. The summed E-state index contributed by atoms with van der Waals surface area (Å²) in [5.41, 5.74) is 1.65. The van der Waals surface area contributed by atoms with E-state index in [1.54, 1.807) is 6.20 Å². The quantitative estimate of drug-likeness (QED) is 0.946. The third-order valence-electron chi connectivity index (χ3n) is 3.86. The summed E-state index contributed by atoms with van der Waals surface area (Å²) in [4.78, 5) is 18.5. The highest BCUT2D eigenvalue weighted by molar-refractivity contribution is 6.35. The summed E-state index contributed by atoms with van der Waals surface area (Å²) >= 11 is 6.17. The summed E-state index contributed by atoms with van der Waals surface area (Å²) < 4.78 is 0. The van der Waals surface area contributed by atoms with Gasteiger partial charge in [0.25, 0.3) is 0 Å². The number of pyridine rings is 1. The molecule has 0 atom stereocenters. The first-order chi connectivity index (χ1) is 10.3. The summed E-state index contributed by atoms with van der Waals surface area (Å²) in [6.45, 7) is 2.05. The molecule has 1 N–H and O–H groups in total. The highest BCUT2D eigenvalue weighted by atomic mass is 35.5. The number of nitrogens with zero attached hydrogens (tertiary/aromatic N) is 2. The Bertz CT molecular complexity index is 653. The van der Waals surface area contributed by atoms with Crippen LogP contribution in [0.15, 0.2) is 30.5 Å². The Labute approximate surface area is 129 Å². The summed E-state index contributed by atoms with van der Waals surface area (Å²) in [6.07, 6.45) is 5.17. The van der Waals surface area contributed by atoms with Gasteiger partial charge in [-0.3, -0.25) is 9.78 Å². The van der Waals surface area contributed by atoms with Crippen molar-refractivity contribution in [1.29, 1.82) is 0 Å². The lowest BCUT2D eigenvalue weighted by Crippen LogP contribution is -2.39. The van der Waals surface area contributed by atoms with Crippen molar-refractivity contribution in [1.82, 2.24) is 9.88 Å². The monoisotopic (exact) mass is 303 g/mol. The third-order valence-corrected chi connectivity index (χ3v) is 4.18. The molecule has 1 amide bonds. The van der Waals surface area contributed by atoms with Gasteiger partial charge in [-0.05, 0) is 43.5 Å². The molecule has 0 aliphatic carbocycles. The predicted octanol–water partition coefficient (Wildman–Crippen LogP) is 3.31. The van der Waals surface area contributed by atoms with E-state index >= 15 is 0 Å². The van der Waals surface area contributed by atoms with Crippen LogP contribution in [0.1, 0.15) is 19.3 Å². The molecule has 5 heteroatoms. The second-order valence-corrected chi connectivity index (χ2v) is 5.70. The van der Waals surface area contributed by atoms with Crippen molar-refractivity contribution in [3.8, 4) is 0 Å². The first-order valence-corrected chi connectivity index (χ1v) is 7.68. The van der Waals surface area contributed by atoms with E-state index in [-0.39, 0.29) is 5.91 Å². The molecule has 0 bridgehead atoms. The Morgan fingerprint density at radius 3 is 2.86 bits per heavy atom. The Morgan fingerprint density at radius 2 is 2.05 bits per heavy atom. The maximum Gasteiger partial charge on any atom is 0.241 e. The minimum Gasteiger partial charge on any atom is -0.374 e. The third kappa shape index (κ3) is 3.10. The van der Waals surface area contributed by atoms with Gasteiger partial charge in [0.05, 0.1) is 22.8 Å². The largest absolute Gasteiger partial charge is 0.374 e. The van der Waals surface area contributed by atoms with Crippen molar-refractivity contribution in [2.45, 2.75) is 19.3 Å². The molecule has 1 aliphatic rings. The van der Waals surface area contributed by atoms with Crippen LogP contribution in [0.5, 0.6) is 0 Å². The number of aromatic nitrogens is 1. The summed E-state index contributed by atoms with van der Waals surface area (Å²) in [5.74, 6) is 0.147. The molecule has 3 rings (SSSR count). The van der Waals surface area contributed by atoms with Crippen LogP contribution in [0.4, 0.5) is 5.69 Å². The SMILES string of the molecule is O=C(CNc1ccc(Cl)c2cccnc12)N1CCCCC1. The predicted molar refractivity (Wildman–Crippen MR) is 85.7 cm³/mol. The number of benzene rings is 1. The summed E-state index contributed by atoms with van der Waals surface area (Å²) in [7, 11) is 0. The van der Waals surface area contributed by atoms with Gasteiger partial charge in [0.15, 0.2) is 0 Å². The van der Waals surface area contributed by atoms with Crippen LogP contribution in [0, 0.1) is 0 Å². The number of hydrogen-bond donors (Lipinski definition) is 1. The normalized spacial score (nSPS) is 15.2. The molecular weight excluding hydrogens is 286 g/mol. The zero-order valence-electron chi connectivity index (χ0n) is 11.8. The first-order valence-electron chi connectivity index (χ1n) is 7.30. The zero-order chi connectivity index (χ0) is 14.7. The number of halogens is 1.